The highest BCUT2D eigenvalue weighted by molar-refractivity contribution is 5.92. The van der Waals surface area contributed by atoms with E-state index in [0.29, 0.717) is 5.69 Å². The van der Waals surface area contributed by atoms with Gasteiger partial charge >= 0.3 is 0 Å². The molecular formula is C22H29N5O. The number of aromatic nitrogens is 2. The number of piperidine rings is 1. The zero-order valence-electron chi connectivity index (χ0n) is 16.8. The molecule has 1 aromatic heterocycles. The Morgan fingerprint density at radius 3 is 2.54 bits per heavy atom. The second kappa shape index (κ2) is 7.87. The minimum Gasteiger partial charge on any atom is -0.354 e. The summed E-state index contributed by atoms with van der Waals surface area (Å²) in [6.07, 6.45) is 5.65. The maximum Gasteiger partial charge on any atom is 0.274 e. The van der Waals surface area contributed by atoms with E-state index >= 15 is 0 Å². The van der Waals surface area contributed by atoms with Gasteiger partial charge in [-0.2, -0.15) is 0 Å². The normalized spacial score (nSPS) is 23.6. The second-order valence-corrected chi connectivity index (χ2v) is 8.31. The number of anilines is 1. The molecule has 1 unspecified atom stereocenters. The van der Waals surface area contributed by atoms with Gasteiger partial charge in [0.25, 0.3) is 5.91 Å². The highest BCUT2D eigenvalue weighted by atomic mass is 16.2. The number of hydrogen-bond acceptors (Lipinski definition) is 5. The molecule has 148 valence electrons. The summed E-state index contributed by atoms with van der Waals surface area (Å²) in [5.74, 6) is 0.798. The monoisotopic (exact) mass is 379 g/mol. The van der Waals surface area contributed by atoms with Crippen LogP contribution in [0.25, 0.3) is 0 Å². The van der Waals surface area contributed by atoms with E-state index in [0.717, 1.165) is 57.9 Å². The molecule has 2 aliphatic rings. The molecule has 1 atom stereocenters. The van der Waals surface area contributed by atoms with Crippen LogP contribution in [-0.2, 0) is 5.41 Å². The number of rotatable bonds is 3. The summed E-state index contributed by atoms with van der Waals surface area (Å²) in [6, 6.07) is 10.7. The van der Waals surface area contributed by atoms with Gasteiger partial charge in [0.15, 0.2) is 0 Å². The van der Waals surface area contributed by atoms with Crippen LogP contribution in [0.15, 0.2) is 42.7 Å². The minimum absolute atomic E-state index is 0.00900. The number of piperazine rings is 1. The van der Waals surface area contributed by atoms with Crippen molar-refractivity contribution in [2.24, 2.45) is 0 Å². The largest absolute Gasteiger partial charge is 0.354 e. The van der Waals surface area contributed by atoms with E-state index in [9.17, 15) is 4.79 Å². The van der Waals surface area contributed by atoms with Crippen LogP contribution in [0.4, 0.5) is 5.82 Å². The highest BCUT2D eigenvalue weighted by Gasteiger charge is 2.33. The molecule has 0 bridgehead atoms. The van der Waals surface area contributed by atoms with Gasteiger partial charge in [0, 0.05) is 44.7 Å². The average molecular weight is 380 g/mol. The third-order valence-corrected chi connectivity index (χ3v) is 6.12. The van der Waals surface area contributed by atoms with Gasteiger partial charge in [0.05, 0.1) is 12.4 Å². The standard InChI is InChI=1S/C22H29N5O/c1-22(18-7-4-3-5-8-18)9-6-10-27(17-22)20-16-23-15-19(24-20)21(28)26-13-11-25(2)12-14-26/h3-5,7-8,15-16H,6,9-14,17H2,1-2H3. The fourth-order valence-electron chi connectivity index (χ4n) is 4.29. The van der Waals surface area contributed by atoms with Crippen LogP contribution in [-0.4, -0.2) is 72.0 Å². The fraction of sp³-hybridized carbons (Fsp3) is 0.500. The lowest BCUT2D eigenvalue weighted by molar-refractivity contribution is 0.0658. The van der Waals surface area contributed by atoms with Gasteiger partial charge < -0.3 is 14.7 Å². The first kappa shape index (κ1) is 18.9. The molecule has 2 saturated heterocycles. The molecule has 3 heterocycles. The third-order valence-electron chi connectivity index (χ3n) is 6.12. The number of nitrogens with zero attached hydrogens (tertiary/aromatic N) is 5. The van der Waals surface area contributed by atoms with Crippen molar-refractivity contribution in [2.45, 2.75) is 25.2 Å². The lowest BCUT2D eigenvalue weighted by Gasteiger charge is -2.41. The van der Waals surface area contributed by atoms with E-state index in [1.54, 1.807) is 12.4 Å². The predicted molar refractivity (Wildman–Crippen MR) is 111 cm³/mol. The number of hydrogen-bond donors (Lipinski definition) is 0. The summed E-state index contributed by atoms with van der Waals surface area (Å²) in [4.78, 5) is 28.3. The molecule has 0 saturated carbocycles. The maximum atomic E-state index is 12.9. The van der Waals surface area contributed by atoms with E-state index in [1.165, 1.54) is 5.56 Å². The number of amides is 1. The van der Waals surface area contributed by atoms with Crippen LogP contribution < -0.4 is 4.90 Å². The van der Waals surface area contributed by atoms with Gasteiger partial charge in [-0.3, -0.25) is 9.78 Å². The molecule has 6 heteroatoms. The maximum absolute atomic E-state index is 12.9. The topological polar surface area (TPSA) is 52.6 Å². The Bertz CT molecular complexity index is 819. The predicted octanol–water partition coefficient (Wildman–Crippen LogP) is 2.42. The van der Waals surface area contributed by atoms with Crippen LogP contribution in [0, 0.1) is 0 Å². The van der Waals surface area contributed by atoms with Crippen LogP contribution in [0.2, 0.25) is 0 Å². The Balaban J connectivity index is 1.52. The summed E-state index contributed by atoms with van der Waals surface area (Å²) in [6.45, 7) is 7.46. The number of carbonyl (C=O) groups is 1. The van der Waals surface area contributed by atoms with Gasteiger partial charge in [0.1, 0.15) is 11.5 Å². The van der Waals surface area contributed by atoms with Crippen LogP contribution in [0.3, 0.4) is 0 Å². The molecule has 4 rings (SSSR count). The number of benzene rings is 1. The van der Waals surface area contributed by atoms with E-state index in [2.05, 4.69) is 59.1 Å². The SMILES string of the molecule is CN1CCN(C(=O)c2cncc(N3CCCC(C)(c4ccccc4)C3)n2)CC1. The minimum atomic E-state index is -0.00900. The molecule has 2 fully saturated rings. The van der Waals surface area contributed by atoms with E-state index in [-0.39, 0.29) is 11.3 Å². The molecule has 1 aromatic carbocycles. The molecule has 2 aliphatic heterocycles. The van der Waals surface area contributed by atoms with Crippen molar-refractivity contribution >= 4 is 11.7 Å². The summed E-state index contributed by atoms with van der Waals surface area (Å²) in [5.41, 5.74) is 1.89. The first-order valence-corrected chi connectivity index (χ1v) is 10.2. The van der Waals surface area contributed by atoms with E-state index in [4.69, 9.17) is 4.98 Å². The third kappa shape index (κ3) is 3.87. The Morgan fingerprint density at radius 1 is 1.04 bits per heavy atom. The summed E-state index contributed by atoms with van der Waals surface area (Å²) < 4.78 is 0. The van der Waals surface area contributed by atoms with Crippen molar-refractivity contribution in [1.29, 1.82) is 0 Å². The van der Waals surface area contributed by atoms with Crippen molar-refractivity contribution in [1.82, 2.24) is 19.8 Å². The highest BCUT2D eigenvalue weighted by Crippen LogP contribution is 2.35. The Hall–Kier alpha value is -2.47. The van der Waals surface area contributed by atoms with Gasteiger partial charge in [0.2, 0.25) is 0 Å². The molecule has 1 amide bonds. The first-order valence-electron chi connectivity index (χ1n) is 10.2. The number of likely N-dealkylation sites (N-methyl/N-ethyl adjacent to an activating group) is 1. The second-order valence-electron chi connectivity index (χ2n) is 8.31. The molecule has 0 N–H and O–H groups in total. The lowest BCUT2D eigenvalue weighted by atomic mass is 9.76. The van der Waals surface area contributed by atoms with Crippen molar-refractivity contribution in [3.8, 4) is 0 Å². The molecule has 6 nitrogen and oxygen atoms in total. The van der Waals surface area contributed by atoms with Crippen LogP contribution in [0.5, 0.6) is 0 Å². The molecule has 0 aliphatic carbocycles. The van der Waals surface area contributed by atoms with E-state index < -0.39 is 0 Å². The zero-order chi connectivity index (χ0) is 19.6. The van der Waals surface area contributed by atoms with Gasteiger partial charge in [-0.1, -0.05) is 37.3 Å². The van der Waals surface area contributed by atoms with Crippen molar-refractivity contribution in [2.75, 3.05) is 51.2 Å². The molecule has 0 radical (unpaired) electrons. The smallest absolute Gasteiger partial charge is 0.274 e. The lowest BCUT2D eigenvalue weighted by Crippen LogP contribution is -2.47. The van der Waals surface area contributed by atoms with E-state index in [1.807, 2.05) is 4.90 Å². The Morgan fingerprint density at radius 2 is 1.79 bits per heavy atom. The zero-order valence-corrected chi connectivity index (χ0v) is 16.8. The Labute approximate surface area is 167 Å². The number of carbonyl (C=O) groups excluding carboxylic acids is 1. The summed E-state index contributed by atoms with van der Waals surface area (Å²) in [7, 11) is 2.09. The van der Waals surface area contributed by atoms with Crippen LogP contribution >= 0.6 is 0 Å². The molecule has 0 spiro atoms. The quantitative estimate of drug-likeness (QED) is 0.820. The summed E-state index contributed by atoms with van der Waals surface area (Å²) >= 11 is 0. The fourth-order valence-corrected chi connectivity index (χ4v) is 4.29. The van der Waals surface area contributed by atoms with Gasteiger partial charge in [-0.05, 0) is 25.5 Å². The molecular weight excluding hydrogens is 350 g/mol. The Kier molecular flexibility index (Phi) is 5.31. The van der Waals surface area contributed by atoms with Crippen molar-refractivity contribution in [3.05, 3.63) is 54.0 Å². The van der Waals surface area contributed by atoms with Gasteiger partial charge in [-0.15, -0.1) is 0 Å². The molecule has 2 aromatic rings. The van der Waals surface area contributed by atoms with Crippen LogP contribution in [0.1, 0.15) is 35.8 Å². The summed E-state index contributed by atoms with van der Waals surface area (Å²) in [5, 5.41) is 0. The first-order chi connectivity index (χ1) is 13.5. The molecule has 28 heavy (non-hydrogen) atoms. The average Bonchev–Trinajstić information content (AvgIpc) is 2.74. The van der Waals surface area contributed by atoms with Crippen molar-refractivity contribution < 1.29 is 4.79 Å². The van der Waals surface area contributed by atoms with Crippen molar-refractivity contribution in [3.63, 3.8) is 0 Å². The van der Waals surface area contributed by atoms with Gasteiger partial charge in [-0.25, -0.2) is 4.98 Å².